The van der Waals surface area contributed by atoms with Gasteiger partial charge < -0.3 is 0 Å². The number of hydrogen-bond donors (Lipinski definition) is 1. The summed E-state index contributed by atoms with van der Waals surface area (Å²) >= 11 is 0. The summed E-state index contributed by atoms with van der Waals surface area (Å²) in [5.74, 6) is 0.656. The summed E-state index contributed by atoms with van der Waals surface area (Å²) in [7, 11) is 0. The lowest BCUT2D eigenvalue weighted by molar-refractivity contribution is 0.881. The number of nitrogens with one attached hydrogen (secondary N) is 1. The number of aromatic amines is 1. The quantitative estimate of drug-likeness (QED) is 0.741. The molecular formula is C9H7N4. The molecule has 1 radical (unpaired) electrons. The zero-order chi connectivity index (χ0) is 9.10. The van der Waals surface area contributed by atoms with Crippen LogP contribution in [0.15, 0.2) is 24.3 Å². The van der Waals surface area contributed by atoms with Crippen molar-refractivity contribution in [1.82, 2.24) is 20.6 Å². The minimum absolute atomic E-state index is 0.656. The molecule has 63 valence electrons. The van der Waals surface area contributed by atoms with Crippen molar-refractivity contribution in [1.29, 1.82) is 0 Å². The van der Waals surface area contributed by atoms with Gasteiger partial charge in [-0.05, 0) is 16.0 Å². The Morgan fingerprint density at radius 3 is 2.54 bits per heavy atom. The monoisotopic (exact) mass is 171 g/mol. The molecule has 0 saturated heterocycles. The smallest absolute Gasteiger partial charge is 0.179 e. The van der Waals surface area contributed by atoms with Crippen molar-refractivity contribution in [3.63, 3.8) is 0 Å². The summed E-state index contributed by atoms with van der Waals surface area (Å²) in [5, 5.41) is 13.4. The predicted molar refractivity (Wildman–Crippen MR) is 48.4 cm³/mol. The molecule has 0 amide bonds. The minimum atomic E-state index is 0.656. The van der Waals surface area contributed by atoms with Gasteiger partial charge in [0, 0.05) is 5.56 Å². The van der Waals surface area contributed by atoms with E-state index in [4.69, 9.17) is 6.58 Å². The topological polar surface area (TPSA) is 54.5 Å². The second-order valence-electron chi connectivity index (χ2n) is 2.54. The Morgan fingerprint density at radius 2 is 2.00 bits per heavy atom. The zero-order valence-corrected chi connectivity index (χ0v) is 6.81. The van der Waals surface area contributed by atoms with Crippen LogP contribution in [0, 0.1) is 6.58 Å². The fraction of sp³-hybridized carbons (Fsp3) is 0. The molecule has 0 aliphatic heterocycles. The van der Waals surface area contributed by atoms with E-state index in [0.717, 1.165) is 11.1 Å². The van der Waals surface area contributed by atoms with Gasteiger partial charge >= 0.3 is 0 Å². The maximum atomic E-state index is 5.35. The van der Waals surface area contributed by atoms with Crippen molar-refractivity contribution in [3.8, 4) is 11.4 Å². The van der Waals surface area contributed by atoms with Crippen molar-refractivity contribution < 1.29 is 0 Å². The highest BCUT2D eigenvalue weighted by Crippen LogP contribution is 2.13. The van der Waals surface area contributed by atoms with Crippen LogP contribution in [0.5, 0.6) is 0 Å². The number of hydrogen-bond acceptors (Lipinski definition) is 3. The number of aromatic nitrogens is 4. The maximum absolute atomic E-state index is 5.35. The highest BCUT2D eigenvalue weighted by Gasteiger charge is 1.99. The van der Waals surface area contributed by atoms with Gasteiger partial charge in [0.15, 0.2) is 5.82 Å². The van der Waals surface area contributed by atoms with E-state index < -0.39 is 0 Å². The number of rotatable bonds is 2. The molecule has 1 heterocycles. The first kappa shape index (κ1) is 7.67. The van der Waals surface area contributed by atoms with Crippen LogP contribution < -0.4 is 0 Å². The Bertz CT molecular complexity index is 388. The van der Waals surface area contributed by atoms with E-state index in [0.29, 0.717) is 5.82 Å². The zero-order valence-electron chi connectivity index (χ0n) is 6.81. The van der Waals surface area contributed by atoms with Gasteiger partial charge in [-0.2, -0.15) is 0 Å². The molecule has 4 heteroatoms. The average molecular weight is 171 g/mol. The predicted octanol–water partition coefficient (Wildman–Crippen LogP) is 1.31. The Hall–Kier alpha value is -1.97. The number of H-pyrrole nitrogens is 1. The molecule has 0 unspecified atom stereocenters. The highest BCUT2D eigenvalue weighted by atomic mass is 15.5. The van der Waals surface area contributed by atoms with E-state index in [1.165, 1.54) is 0 Å². The van der Waals surface area contributed by atoms with E-state index in [-0.39, 0.29) is 0 Å². The van der Waals surface area contributed by atoms with E-state index in [1.807, 2.05) is 24.3 Å². The lowest BCUT2D eigenvalue weighted by Gasteiger charge is -1.95. The maximum Gasteiger partial charge on any atom is 0.179 e. The molecule has 1 N–H and O–H groups in total. The molecule has 0 spiro atoms. The molecule has 4 nitrogen and oxygen atoms in total. The van der Waals surface area contributed by atoms with E-state index >= 15 is 0 Å². The van der Waals surface area contributed by atoms with Crippen LogP contribution in [0.1, 0.15) is 5.56 Å². The number of nitrogens with zero attached hydrogens (tertiary/aromatic N) is 3. The van der Waals surface area contributed by atoms with Crippen LogP contribution >= 0.6 is 0 Å². The second kappa shape index (κ2) is 3.18. The van der Waals surface area contributed by atoms with Crippen LogP contribution in [-0.2, 0) is 0 Å². The summed E-state index contributed by atoms with van der Waals surface area (Å²) in [5.41, 5.74) is 1.91. The van der Waals surface area contributed by atoms with E-state index in [9.17, 15) is 0 Å². The Labute approximate surface area is 75.3 Å². The van der Waals surface area contributed by atoms with Crippen LogP contribution in [0.3, 0.4) is 0 Å². The summed E-state index contributed by atoms with van der Waals surface area (Å²) < 4.78 is 0. The molecule has 0 saturated carbocycles. The molecule has 13 heavy (non-hydrogen) atoms. The Morgan fingerprint density at radius 1 is 1.23 bits per heavy atom. The van der Waals surface area contributed by atoms with Crippen molar-refractivity contribution >= 4 is 6.08 Å². The molecule has 2 rings (SSSR count). The van der Waals surface area contributed by atoms with Gasteiger partial charge in [0.2, 0.25) is 0 Å². The Balaban J connectivity index is 2.38. The molecule has 0 atom stereocenters. The second-order valence-corrected chi connectivity index (χ2v) is 2.54. The standard InChI is InChI=1S/C9H7N4/c1-2-7-3-5-8(6-4-7)9-10-12-13-11-9/h1-6H,(H,10,11,12,13). The van der Waals surface area contributed by atoms with Gasteiger partial charge in [-0.3, -0.25) is 0 Å². The van der Waals surface area contributed by atoms with Crippen LogP contribution in [-0.4, -0.2) is 20.6 Å². The van der Waals surface area contributed by atoms with E-state index in [1.54, 1.807) is 6.08 Å². The van der Waals surface area contributed by atoms with Crippen molar-refractivity contribution in [2.45, 2.75) is 0 Å². The first-order valence-electron chi connectivity index (χ1n) is 3.79. The van der Waals surface area contributed by atoms with Gasteiger partial charge in [-0.15, -0.1) is 5.10 Å². The fourth-order valence-corrected chi connectivity index (χ4v) is 1.03. The molecule has 1 aromatic heterocycles. The normalized spacial score (nSPS) is 9.85. The van der Waals surface area contributed by atoms with Gasteiger partial charge in [-0.1, -0.05) is 36.9 Å². The highest BCUT2D eigenvalue weighted by molar-refractivity contribution is 5.57. The van der Waals surface area contributed by atoms with Crippen molar-refractivity contribution in [2.75, 3.05) is 0 Å². The fourth-order valence-electron chi connectivity index (χ4n) is 1.03. The summed E-state index contributed by atoms with van der Waals surface area (Å²) in [6, 6.07) is 7.61. The van der Waals surface area contributed by atoms with E-state index in [2.05, 4.69) is 20.6 Å². The largest absolute Gasteiger partial charge is 0.239 e. The van der Waals surface area contributed by atoms with Crippen LogP contribution in [0.25, 0.3) is 17.5 Å². The van der Waals surface area contributed by atoms with Crippen molar-refractivity contribution in [2.24, 2.45) is 0 Å². The van der Waals surface area contributed by atoms with Gasteiger partial charge in [0.25, 0.3) is 0 Å². The molecule has 0 aliphatic carbocycles. The first-order chi connectivity index (χ1) is 6.40. The van der Waals surface area contributed by atoms with Crippen LogP contribution in [0.4, 0.5) is 0 Å². The number of tetrazole rings is 1. The number of benzene rings is 1. The lowest BCUT2D eigenvalue weighted by atomic mass is 10.1. The molecule has 0 aliphatic rings. The minimum Gasteiger partial charge on any atom is -0.239 e. The SMILES string of the molecule is [CH]=Cc1ccc(-c2nnn[nH]2)cc1. The summed E-state index contributed by atoms with van der Waals surface area (Å²) in [6.45, 7) is 5.35. The Kier molecular flexibility index (Phi) is 1.88. The third-order valence-electron chi connectivity index (χ3n) is 1.72. The molecule has 2 aromatic rings. The molecular weight excluding hydrogens is 164 g/mol. The third-order valence-corrected chi connectivity index (χ3v) is 1.72. The van der Waals surface area contributed by atoms with Gasteiger partial charge in [0.05, 0.1) is 0 Å². The molecule has 0 fully saturated rings. The average Bonchev–Trinajstić information content (AvgIpc) is 2.71. The van der Waals surface area contributed by atoms with Gasteiger partial charge in [-0.25, -0.2) is 5.10 Å². The van der Waals surface area contributed by atoms with Crippen LogP contribution in [0.2, 0.25) is 0 Å². The summed E-state index contributed by atoms with van der Waals surface area (Å²) in [4.78, 5) is 0. The first-order valence-corrected chi connectivity index (χ1v) is 3.79. The van der Waals surface area contributed by atoms with Crippen molar-refractivity contribution in [3.05, 3.63) is 36.4 Å². The molecule has 1 aromatic carbocycles. The van der Waals surface area contributed by atoms with Gasteiger partial charge in [0.1, 0.15) is 0 Å². The lowest BCUT2D eigenvalue weighted by Crippen LogP contribution is -1.80. The summed E-state index contributed by atoms with van der Waals surface area (Å²) in [6.07, 6.45) is 1.54. The molecule has 0 bridgehead atoms. The third kappa shape index (κ3) is 1.46.